The second kappa shape index (κ2) is 5.68. The molecule has 1 fully saturated rings. The first-order valence-corrected chi connectivity index (χ1v) is 7.45. The van der Waals surface area contributed by atoms with E-state index in [1.807, 2.05) is 0 Å². The van der Waals surface area contributed by atoms with E-state index in [1.54, 1.807) is 30.5 Å². The number of nitrogens with one attached hydrogen (secondary N) is 1. The Balaban J connectivity index is 1.99. The Morgan fingerprint density at radius 3 is 2.86 bits per heavy atom. The van der Waals surface area contributed by atoms with E-state index in [-0.39, 0.29) is 10.6 Å². The van der Waals surface area contributed by atoms with Gasteiger partial charge in [0.25, 0.3) is 5.69 Å². The molecule has 1 heterocycles. The van der Waals surface area contributed by atoms with Crippen molar-refractivity contribution in [3.05, 3.63) is 40.6 Å². The number of anilines is 1. The van der Waals surface area contributed by atoms with Crippen LogP contribution in [0, 0.1) is 16.0 Å². The van der Waals surface area contributed by atoms with Crippen LogP contribution in [0.3, 0.4) is 0 Å². The SMILES string of the molecule is CC1CCCCC1Nc1ccc([N+](=O)[O-])c2cccnc12. The van der Waals surface area contributed by atoms with E-state index < -0.39 is 0 Å². The topological polar surface area (TPSA) is 68.1 Å². The van der Waals surface area contributed by atoms with Crippen molar-refractivity contribution in [2.75, 3.05) is 5.32 Å². The summed E-state index contributed by atoms with van der Waals surface area (Å²) in [6.07, 6.45) is 6.59. The van der Waals surface area contributed by atoms with Crippen molar-refractivity contribution in [3.8, 4) is 0 Å². The summed E-state index contributed by atoms with van der Waals surface area (Å²) in [5.41, 5.74) is 1.69. The van der Waals surface area contributed by atoms with Gasteiger partial charge in [-0.2, -0.15) is 0 Å². The second-order valence-corrected chi connectivity index (χ2v) is 5.80. The van der Waals surface area contributed by atoms with Gasteiger partial charge in [-0.1, -0.05) is 19.8 Å². The zero-order valence-corrected chi connectivity index (χ0v) is 12.1. The molecule has 5 nitrogen and oxygen atoms in total. The van der Waals surface area contributed by atoms with Gasteiger partial charge in [-0.15, -0.1) is 0 Å². The van der Waals surface area contributed by atoms with Gasteiger partial charge in [0.1, 0.15) is 5.52 Å². The number of aromatic nitrogens is 1. The molecule has 2 atom stereocenters. The largest absolute Gasteiger partial charge is 0.380 e. The van der Waals surface area contributed by atoms with E-state index in [9.17, 15) is 10.1 Å². The number of hydrogen-bond donors (Lipinski definition) is 1. The van der Waals surface area contributed by atoms with Gasteiger partial charge >= 0.3 is 0 Å². The Bertz CT molecular complexity index is 672. The number of benzene rings is 1. The summed E-state index contributed by atoms with van der Waals surface area (Å²) in [7, 11) is 0. The molecule has 0 bridgehead atoms. The van der Waals surface area contributed by atoms with Crippen molar-refractivity contribution in [1.82, 2.24) is 4.98 Å². The highest BCUT2D eigenvalue weighted by molar-refractivity contribution is 5.96. The van der Waals surface area contributed by atoms with Crippen LogP contribution >= 0.6 is 0 Å². The van der Waals surface area contributed by atoms with Crippen LogP contribution in [0.4, 0.5) is 11.4 Å². The van der Waals surface area contributed by atoms with Gasteiger partial charge in [0.05, 0.1) is 16.0 Å². The van der Waals surface area contributed by atoms with Crippen LogP contribution < -0.4 is 5.32 Å². The van der Waals surface area contributed by atoms with Crippen molar-refractivity contribution in [2.45, 2.75) is 38.6 Å². The van der Waals surface area contributed by atoms with Gasteiger partial charge in [0.2, 0.25) is 0 Å². The molecule has 110 valence electrons. The average molecular weight is 285 g/mol. The maximum absolute atomic E-state index is 11.1. The predicted octanol–water partition coefficient (Wildman–Crippen LogP) is 4.13. The molecule has 1 aromatic heterocycles. The molecule has 0 radical (unpaired) electrons. The fourth-order valence-corrected chi connectivity index (χ4v) is 3.16. The maximum atomic E-state index is 11.1. The average Bonchev–Trinajstić information content (AvgIpc) is 2.49. The normalized spacial score (nSPS) is 22.1. The van der Waals surface area contributed by atoms with Gasteiger partial charge < -0.3 is 5.32 Å². The minimum atomic E-state index is -0.350. The summed E-state index contributed by atoms with van der Waals surface area (Å²) in [6, 6.07) is 7.28. The minimum absolute atomic E-state index is 0.111. The molecule has 1 aliphatic rings. The minimum Gasteiger partial charge on any atom is -0.380 e. The summed E-state index contributed by atoms with van der Waals surface area (Å²) < 4.78 is 0. The molecule has 2 unspecified atom stereocenters. The molecule has 5 heteroatoms. The second-order valence-electron chi connectivity index (χ2n) is 5.80. The lowest BCUT2D eigenvalue weighted by atomic mass is 9.86. The highest BCUT2D eigenvalue weighted by Gasteiger charge is 2.23. The molecule has 0 saturated heterocycles. The molecule has 2 aromatic rings. The number of rotatable bonds is 3. The highest BCUT2D eigenvalue weighted by atomic mass is 16.6. The Hall–Kier alpha value is -2.17. The molecule has 1 N–H and O–H groups in total. The molecule has 1 aromatic carbocycles. The zero-order chi connectivity index (χ0) is 14.8. The lowest BCUT2D eigenvalue weighted by molar-refractivity contribution is -0.383. The van der Waals surface area contributed by atoms with E-state index in [2.05, 4.69) is 17.2 Å². The molecule has 0 aliphatic heterocycles. The standard InChI is InChI=1S/C16H19N3O2/c1-11-5-2-3-7-13(11)18-14-8-9-15(19(20)21)12-6-4-10-17-16(12)14/h4,6,8-11,13,18H,2-3,5,7H2,1H3. The third kappa shape index (κ3) is 2.68. The third-order valence-corrected chi connectivity index (χ3v) is 4.40. The van der Waals surface area contributed by atoms with Gasteiger partial charge in [0, 0.05) is 18.3 Å². The number of fused-ring (bicyclic) bond motifs is 1. The number of nitro groups is 1. The molecule has 1 aliphatic carbocycles. The summed E-state index contributed by atoms with van der Waals surface area (Å²) in [5.74, 6) is 0.618. The highest BCUT2D eigenvalue weighted by Crippen LogP contribution is 2.33. The summed E-state index contributed by atoms with van der Waals surface area (Å²) >= 11 is 0. The van der Waals surface area contributed by atoms with Crippen LogP contribution in [-0.2, 0) is 0 Å². The van der Waals surface area contributed by atoms with Gasteiger partial charge in [-0.3, -0.25) is 15.1 Å². The molecule has 21 heavy (non-hydrogen) atoms. The van der Waals surface area contributed by atoms with E-state index in [0.29, 0.717) is 22.9 Å². The first-order valence-electron chi connectivity index (χ1n) is 7.45. The lowest BCUT2D eigenvalue weighted by Gasteiger charge is -2.30. The molecule has 0 spiro atoms. The zero-order valence-electron chi connectivity index (χ0n) is 12.1. The van der Waals surface area contributed by atoms with Crippen LogP contribution in [0.5, 0.6) is 0 Å². The number of non-ortho nitro benzene ring substituents is 1. The quantitative estimate of drug-likeness (QED) is 0.680. The smallest absolute Gasteiger partial charge is 0.278 e. The Morgan fingerprint density at radius 2 is 2.10 bits per heavy atom. The van der Waals surface area contributed by atoms with Crippen LogP contribution in [-0.4, -0.2) is 15.9 Å². The monoisotopic (exact) mass is 285 g/mol. The maximum Gasteiger partial charge on any atom is 0.278 e. The Kier molecular flexibility index (Phi) is 3.73. The van der Waals surface area contributed by atoms with Crippen LogP contribution in [0.2, 0.25) is 0 Å². The summed E-state index contributed by atoms with van der Waals surface area (Å²) in [4.78, 5) is 15.1. The van der Waals surface area contributed by atoms with E-state index in [0.717, 1.165) is 12.1 Å². The van der Waals surface area contributed by atoms with Gasteiger partial charge in [-0.25, -0.2) is 0 Å². The fourth-order valence-electron chi connectivity index (χ4n) is 3.16. The number of nitrogens with zero attached hydrogens (tertiary/aromatic N) is 2. The van der Waals surface area contributed by atoms with Crippen molar-refractivity contribution in [1.29, 1.82) is 0 Å². The third-order valence-electron chi connectivity index (χ3n) is 4.40. The molecular weight excluding hydrogens is 266 g/mol. The predicted molar refractivity (Wildman–Crippen MR) is 83.4 cm³/mol. The lowest BCUT2D eigenvalue weighted by Crippen LogP contribution is -2.30. The Labute approximate surface area is 123 Å². The summed E-state index contributed by atoms with van der Waals surface area (Å²) in [6.45, 7) is 2.26. The number of pyridine rings is 1. The van der Waals surface area contributed by atoms with Gasteiger partial charge in [0.15, 0.2) is 0 Å². The van der Waals surface area contributed by atoms with E-state index >= 15 is 0 Å². The van der Waals surface area contributed by atoms with Crippen LogP contribution in [0.25, 0.3) is 10.9 Å². The first kappa shape index (κ1) is 13.8. The summed E-state index contributed by atoms with van der Waals surface area (Å²) in [5, 5.41) is 15.3. The van der Waals surface area contributed by atoms with E-state index in [4.69, 9.17) is 0 Å². The van der Waals surface area contributed by atoms with Crippen molar-refractivity contribution in [3.63, 3.8) is 0 Å². The first-order chi connectivity index (χ1) is 10.2. The van der Waals surface area contributed by atoms with Crippen LogP contribution in [0.1, 0.15) is 32.6 Å². The number of hydrogen-bond acceptors (Lipinski definition) is 4. The van der Waals surface area contributed by atoms with Crippen molar-refractivity contribution in [2.24, 2.45) is 5.92 Å². The van der Waals surface area contributed by atoms with Crippen LogP contribution in [0.15, 0.2) is 30.5 Å². The van der Waals surface area contributed by atoms with E-state index in [1.165, 1.54) is 19.3 Å². The molecule has 3 rings (SSSR count). The molecule has 1 saturated carbocycles. The number of nitro benzene ring substituents is 1. The molecular formula is C16H19N3O2. The van der Waals surface area contributed by atoms with Crippen molar-refractivity contribution < 1.29 is 4.92 Å². The van der Waals surface area contributed by atoms with Crippen molar-refractivity contribution >= 4 is 22.3 Å². The molecule has 0 amide bonds. The fraction of sp³-hybridized carbons (Fsp3) is 0.438. The Morgan fingerprint density at radius 1 is 1.29 bits per heavy atom. The van der Waals surface area contributed by atoms with Gasteiger partial charge in [-0.05, 0) is 37.0 Å².